The summed E-state index contributed by atoms with van der Waals surface area (Å²) in [6.45, 7) is 0.668. The predicted octanol–water partition coefficient (Wildman–Crippen LogP) is 1.69. The fourth-order valence-corrected chi connectivity index (χ4v) is 1.42. The highest BCUT2D eigenvalue weighted by Gasteiger charge is 2.09. The van der Waals surface area contributed by atoms with Gasteiger partial charge in [0.25, 0.3) is 5.89 Å². The third kappa shape index (κ3) is 3.72. The summed E-state index contributed by atoms with van der Waals surface area (Å²) in [5.74, 6) is -0.689. The maximum atomic E-state index is 13.3. The molecule has 1 aromatic heterocycles. The SMILES string of the molecule is CNCCc1noc(COc2ccc(F)cc2F)n1. The number of ether oxygens (including phenoxy) is 1. The second-order valence-electron chi connectivity index (χ2n) is 3.82. The van der Waals surface area contributed by atoms with Crippen LogP contribution in [0.2, 0.25) is 0 Å². The van der Waals surface area contributed by atoms with E-state index in [0.717, 1.165) is 18.7 Å². The average molecular weight is 269 g/mol. The zero-order valence-corrected chi connectivity index (χ0v) is 10.3. The van der Waals surface area contributed by atoms with E-state index in [4.69, 9.17) is 9.26 Å². The van der Waals surface area contributed by atoms with Gasteiger partial charge in [-0.2, -0.15) is 4.98 Å². The molecular weight excluding hydrogens is 256 g/mol. The molecule has 7 heteroatoms. The number of nitrogens with zero attached hydrogens (tertiary/aromatic N) is 2. The molecule has 0 spiro atoms. The molecule has 0 atom stereocenters. The second-order valence-corrected chi connectivity index (χ2v) is 3.82. The summed E-state index contributed by atoms with van der Waals surface area (Å²) < 4.78 is 36.1. The molecule has 0 saturated heterocycles. The topological polar surface area (TPSA) is 60.2 Å². The summed E-state index contributed by atoms with van der Waals surface area (Å²) in [6, 6.07) is 3.08. The molecule has 1 N–H and O–H groups in total. The van der Waals surface area contributed by atoms with Gasteiger partial charge in [0, 0.05) is 19.0 Å². The van der Waals surface area contributed by atoms with Crippen molar-refractivity contribution in [2.24, 2.45) is 0 Å². The molecule has 102 valence electrons. The number of benzene rings is 1. The summed E-state index contributed by atoms with van der Waals surface area (Å²) in [5, 5.41) is 6.70. The van der Waals surface area contributed by atoms with Crippen LogP contribution in [0, 0.1) is 11.6 Å². The normalized spacial score (nSPS) is 10.7. The average Bonchev–Trinajstić information content (AvgIpc) is 2.83. The Morgan fingerprint density at radius 2 is 2.21 bits per heavy atom. The van der Waals surface area contributed by atoms with Crippen LogP contribution in [0.3, 0.4) is 0 Å². The van der Waals surface area contributed by atoms with Crippen LogP contribution in [-0.4, -0.2) is 23.7 Å². The van der Waals surface area contributed by atoms with Crippen LogP contribution < -0.4 is 10.1 Å². The third-order valence-corrected chi connectivity index (χ3v) is 2.35. The van der Waals surface area contributed by atoms with Crippen molar-refractivity contribution in [3.05, 3.63) is 41.5 Å². The molecule has 0 bridgehead atoms. The van der Waals surface area contributed by atoms with Crippen molar-refractivity contribution in [2.75, 3.05) is 13.6 Å². The Bertz CT molecular complexity index is 546. The van der Waals surface area contributed by atoms with Crippen LogP contribution in [0.15, 0.2) is 22.7 Å². The molecular formula is C12H13F2N3O2. The lowest BCUT2D eigenvalue weighted by Crippen LogP contribution is -2.11. The highest BCUT2D eigenvalue weighted by atomic mass is 19.1. The standard InChI is InChI=1S/C12H13F2N3O2/c1-15-5-4-11-16-12(19-17-11)7-18-10-3-2-8(13)6-9(10)14/h2-3,6,15H,4-5,7H2,1H3. The monoisotopic (exact) mass is 269 g/mol. The zero-order valence-electron chi connectivity index (χ0n) is 10.3. The van der Waals surface area contributed by atoms with Crippen LogP contribution in [0.1, 0.15) is 11.7 Å². The van der Waals surface area contributed by atoms with Gasteiger partial charge in [-0.1, -0.05) is 5.16 Å². The van der Waals surface area contributed by atoms with Crippen LogP contribution in [0.5, 0.6) is 5.75 Å². The smallest absolute Gasteiger partial charge is 0.264 e. The second kappa shape index (κ2) is 6.24. The van der Waals surface area contributed by atoms with Gasteiger partial charge in [0.15, 0.2) is 24.0 Å². The molecule has 0 amide bonds. The van der Waals surface area contributed by atoms with Crippen LogP contribution in [-0.2, 0) is 13.0 Å². The molecule has 1 heterocycles. The minimum absolute atomic E-state index is 0.0589. The van der Waals surface area contributed by atoms with Gasteiger partial charge in [-0.05, 0) is 19.2 Å². The maximum Gasteiger partial charge on any atom is 0.264 e. The summed E-state index contributed by atoms with van der Waals surface area (Å²) in [5.41, 5.74) is 0. The molecule has 0 saturated carbocycles. The summed E-state index contributed by atoms with van der Waals surface area (Å²) in [6.07, 6.45) is 0.630. The molecule has 0 aliphatic rings. The van der Waals surface area contributed by atoms with Crippen molar-refractivity contribution in [3.8, 4) is 5.75 Å². The fraction of sp³-hybridized carbons (Fsp3) is 0.333. The van der Waals surface area contributed by atoms with E-state index in [1.54, 1.807) is 0 Å². The van der Waals surface area contributed by atoms with E-state index in [2.05, 4.69) is 15.5 Å². The lowest BCUT2D eigenvalue weighted by molar-refractivity contribution is 0.233. The van der Waals surface area contributed by atoms with E-state index in [1.807, 2.05) is 7.05 Å². The molecule has 0 unspecified atom stereocenters. The summed E-state index contributed by atoms with van der Waals surface area (Å²) >= 11 is 0. The van der Waals surface area contributed by atoms with Crippen molar-refractivity contribution >= 4 is 0 Å². The lowest BCUT2D eigenvalue weighted by atomic mass is 10.3. The van der Waals surface area contributed by atoms with Gasteiger partial charge in [0.05, 0.1) is 0 Å². The van der Waals surface area contributed by atoms with Crippen molar-refractivity contribution in [3.63, 3.8) is 0 Å². The van der Waals surface area contributed by atoms with E-state index in [0.29, 0.717) is 12.2 Å². The number of likely N-dealkylation sites (N-methyl/N-ethyl adjacent to an activating group) is 1. The molecule has 2 aromatic rings. The van der Waals surface area contributed by atoms with Gasteiger partial charge in [0.2, 0.25) is 0 Å². The van der Waals surface area contributed by atoms with Crippen LogP contribution >= 0.6 is 0 Å². The Kier molecular flexibility index (Phi) is 4.40. The Labute approximate surface area is 108 Å². The fourth-order valence-electron chi connectivity index (χ4n) is 1.42. The molecule has 5 nitrogen and oxygen atoms in total. The predicted molar refractivity (Wildman–Crippen MR) is 62.6 cm³/mol. The van der Waals surface area contributed by atoms with E-state index >= 15 is 0 Å². The lowest BCUT2D eigenvalue weighted by Gasteiger charge is -2.03. The minimum atomic E-state index is -0.769. The highest BCUT2D eigenvalue weighted by Crippen LogP contribution is 2.18. The number of aromatic nitrogens is 2. The molecule has 0 aliphatic heterocycles. The first kappa shape index (κ1) is 13.4. The van der Waals surface area contributed by atoms with Gasteiger partial charge < -0.3 is 14.6 Å². The first-order chi connectivity index (χ1) is 9.19. The van der Waals surface area contributed by atoms with E-state index in [-0.39, 0.29) is 18.2 Å². The van der Waals surface area contributed by atoms with Gasteiger partial charge in [-0.15, -0.1) is 0 Å². The van der Waals surface area contributed by atoms with E-state index < -0.39 is 11.6 Å². The van der Waals surface area contributed by atoms with Gasteiger partial charge >= 0.3 is 0 Å². The highest BCUT2D eigenvalue weighted by molar-refractivity contribution is 5.24. The van der Waals surface area contributed by atoms with Crippen molar-refractivity contribution in [1.82, 2.24) is 15.5 Å². The Balaban J connectivity index is 1.92. The van der Waals surface area contributed by atoms with Crippen LogP contribution in [0.4, 0.5) is 8.78 Å². The molecule has 19 heavy (non-hydrogen) atoms. The minimum Gasteiger partial charge on any atom is -0.481 e. The molecule has 0 fully saturated rings. The van der Waals surface area contributed by atoms with Crippen LogP contribution in [0.25, 0.3) is 0 Å². The quantitative estimate of drug-likeness (QED) is 0.864. The van der Waals surface area contributed by atoms with Crippen molar-refractivity contribution in [2.45, 2.75) is 13.0 Å². The first-order valence-electron chi connectivity index (χ1n) is 5.73. The summed E-state index contributed by atoms with van der Waals surface area (Å²) in [7, 11) is 1.82. The van der Waals surface area contributed by atoms with Gasteiger partial charge in [-0.3, -0.25) is 0 Å². The Morgan fingerprint density at radius 1 is 1.37 bits per heavy atom. The van der Waals surface area contributed by atoms with Gasteiger partial charge in [0.1, 0.15) is 5.82 Å². The third-order valence-electron chi connectivity index (χ3n) is 2.35. The summed E-state index contributed by atoms with van der Waals surface area (Å²) in [4.78, 5) is 4.07. The van der Waals surface area contributed by atoms with Crippen molar-refractivity contribution < 1.29 is 18.0 Å². The van der Waals surface area contributed by atoms with Gasteiger partial charge in [-0.25, -0.2) is 8.78 Å². The zero-order chi connectivity index (χ0) is 13.7. The molecule has 1 aromatic carbocycles. The molecule has 0 radical (unpaired) electrons. The Morgan fingerprint density at radius 3 is 2.95 bits per heavy atom. The maximum absolute atomic E-state index is 13.3. The number of hydrogen-bond donors (Lipinski definition) is 1. The first-order valence-corrected chi connectivity index (χ1v) is 5.73. The van der Waals surface area contributed by atoms with E-state index in [9.17, 15) is 8.78 Å². The molecule has 0 aliphatic carbocycles. The Hall–Kier alpha value is -2.02. The number of hydrogen-bond acceptors (Lipinski definition) is 5. The number of rotatable bonds is 6. The van der Waals surface area contributed by atoms with E-state index in [1.165, 1.54) is 6.07 Å². The largest absolute Gasteiger partial charge is 0.481 e. The number of halogens is 2. The molecule has 2 rings (SSSR count). The van der Waals surface area contributed by atoms with Crippen molar-refractivity contribution in [1.29, 1.82) is 0 Å². The number of nitrogens with one attached hydrogen (secondary N) is 1.